The molecule has 0 aliphatic carbocycles. The highest BCUT2D eigenvalue weighted by Gasteiger charge is 2.22. The minimum Gasteiger partial charge on any atom is -0.480 e. The molecule has 0 fully saturated rings. The Labute approximate surface area is 92.8 Å². The summed E-state index contributed by atoms with van der Waals surface area (Å²) in [7, 11) is 0. The van der Waals surface area contributed by atoms with E-state index in [0.717, 1.165) is 0 Å². The highest BCUT2D eigenvalue weighted by atomic mass is 35.5. The Morgan fingerprint density at radius 2 is 2.33 bits per heavy atom. The highest BCUT2D eigenvalue weighted by Crippen LogP contribution is 2.22. The number of rotatable bonds is 4. The molecule has 15 heavy (non-hydrogen) atoms. The number of aromatic nitrogens is 2. The van der Waals surface area contributed by atoms with Gasteiger partial charge in [-0.1, -0.05) is 25.4 Å². The van der Waals surface area contributed by atoms with Crippen molar-refractivity contribution in [2.45, 2.75) is 26.3 Å². The maximum atomic E-state index is 11.0. The van der Waals surface area contributed by atoms with Crippen LogP contribution in [0, 0.1) is 5.92 Å². The van der Waals surface area contributed by atoms with Crippen molar-refractivity contribution in [3.63, 3.8) is 0 Å². The average molecular weight is 232 g/mol. The van der Waals surface area contributed by atoms with Crippen molar-refractivity contribution in [1.29, 1.82) is 0 Å². The van der Waals surface area contributed by atoms with Crippen LogP contribution in [0.4, 0.5) is 5.82 Å². The van der Waals surface area contributed by atoms with E-state index in [0.29, 0.717) is 6.42 Å². The summed E-state index contributed by atoms with van der Waals surface area (Å²) >= 11 is 5.71. The molecule has 0 aromatic carbocycles. The molecule has 1 rings (SSSR count). The lowest BCUT2D eigenvalue weighted by molar-refractivity contribution is -0.141. The second-order valence-corrected chi connectivity index (χ2v) is 4.23. The van der Waals surface area contributed by atoms with Crippen LogP contribution in [0.3, 0.4) is 0 Å². The summed E-state index contributed by atoms with van der Waals surface area (Å²) in [6, 6.07) is -0.709. The van der Waals surface area contributed by atoms with Crippen molar-refractivity contribution in [2.75, 3.05) is 5.73 Å². The second-order valence-electron chi connectivity index (χ2n) is 3.83. The molecule has 0 spiro atoms. The standard InChI is InChI=1S/C9H14ClN3O2/c1-5(2)3-7(9(14)15)13-4-6(10)8(11)12-13/h4-5,7H,3H2,1-2H3,(H2,11,12)(H,14,15). The van der Waals surface area contributed by atoms with Crippen LogP contribution in [-0.2, 0) is 4.79 Å². The summed E-state index contributed by atoms with van der Waals surface area (Å²) in [5.74, 6) is -0.509. The van der Waals surface area contributed by atoms with Gasteiger partial charge in [0.2, 0.25) is 0 Å². The summed E-state index contributed by atoms with van der Waals surface area (Å²) in [5.41, 5.74) is 5.45. The average Bonchev–Trinajstić information content (AvgIpc) is 2.42. The number of nitrogen functional groups attached to an aromatic ring is 1. The summed E-state index contributed by atoms with van der Waals surface area (Å²) in [5, 5.41) is 13.2. The van der Waals surface area contributed by atoms with Crippen LogP contribution in [0.25, 0.3) is 0 Å². The van der Waals surface area contributed by atoms with E-state index in [1.165, 1.54) is 10.9 Å². The van der Waals surface area contributed by atoms with Crippen molar-refractivity contribution < 1.29 is 9.90 Å². The fraction of sp³-hybridized carbons (Fsp3) is 0.556. The molecule has 84 valence electrons. The summed E-state index contributed by atoms with van der Waals surface area (Å²) in [6.07, 6.45) is 1.94. The fourth-order valence-electron chi connectivity index (χ4n) is 1.31. The number of nitrogens with zero attached hydrogens (tertiary/aromatic N) is 2. The first-order valence-electron chi connectivity index (χ1n) is 4.64. The Morgan fingerprint density at radius 3 is 2.67 bits per heavy atom. The van der Waals surface area contributed by atoms with E-state index in [1.807, 2.05) is 13.8 Å². The number of nitrogens with two attached hydrogens (primary N) is 1. The molecular weight excluding hydrogens is 218 g/mol. The zero-order chi connectivity index (χ0) is 11.6. The first kappa shape index (κ1) is 11.8. The normalized spacial score (nSPS) is 13.1. The monoisotopic (exact) mass is 231 g/mol. The van der Waals surface area contributed by atoms with Crippen molar-refractivity contribution in [3.8, 4) is 0 Å². The van der Waals surface area contributed by atoms with E-state index < -0.39 is 12.0 Å². The molecule has 3 N–H and O–H groups in total. The van der Waals surface area contributed by atoms with Crippen LogP contribution in [0.2, 0.25) is 5.02 Å². The molecule has 0 radical (unpaired) electrons. The maximum Gasteiger partial charge on any atom is 0.328 e. The van der Waals surface area contributed by atoms with E-state index >= 15 is 0 Å². The minimum atomic E-state index is -0.928. The summed E-state index contributed by atoms with van der Waals surface area (Å²) in [4.78, 5) is 11.0. The number of halogens is 1. The van der Waals surface area contributed by atoms with Crippen LogP contribution in [0.5, 0.6) is 0 Å². The zero-order valence-electron chi connectivity index (χ0n) is 8.64. The van der Waals surface area contributed by atoms with Gasteiger partial charge in [-0.05, 0) is 12.3 Å². The molecule has 0 saturated carbocycles. The molecule has 0 aliphatic heterocycles. The van der Waals surface area contributed by atoms with Gasteiger partial charge in [0.1, 0.15) is 11.1 Å². The van der Waals surface area contributed by atoms with Gasteiger partial charge in [0.25, 0.3) is 0 Å². The van der Waals surface area contributed by atoms with Gasteiger partial charge in [0.15, 0.2) is 5.82 Å². The predicted octanol–water partition coefficient (Wildman–Crippen LogP) is 1.79. The van der Waals surface area contributed by atoms with Crippen LogP contribution < -0.4 is 5.73 Å². The van der Waals surface area contributed by atoms with Gasteiger partial charge < -0.3 is 10.8 Å². The van der Waals surface area contributed by atoms with Gasteiger partial charge in [0, 0.05) is 6.20 Å². The van der Waals surface area contributed by atoms with Crippen molar-refractivity contribution in [2.24, 2.45) is 5.92 Å². The van der Waals surface area contributed by atoms with E-state index in [1.54, 1.807) is 0 Å². The topological polar surface area (TPSA) is 81.1 Å². The number of carboxylic acids is 1. The Hall–Kier alpha value is -1.23. The van der Waals surface area contributed by atoms with Crippen LogP contribution in [-0.4, -0.2) is 20.9 Å². The Morgan fingerprint density at radius 1 is 1.73 bits per heavy atom. The molecule has 0 saturated heterocycles. The summed E-state index contributed by atoms with van der Waals surface area (Å²) in [6.45, 7) is 3.90. The highest BCUT2D eigenvalue weighted by molar-refractivity contribution is 6.32. The number of aliphatic carboxylic acids is 1. The number of hydrogen-bond acceptors (Lipinski definition) is 3. The fourth-order valence-corrected chi connectivity index (χ4v) is 1.45. The van der Waals surface area contributed by atoms with Gasteiger partial charge in [-0.15, -0.1) is 0 Å². The van der Waals surface area contributed by atoms with E-state index in [9.17, 15) is 4.79 Å². The molecule has 1 unspecified atom stereocenters. The van der Waals surface area contributed by atoms with Crippen LogP contribution in [0.1, 0.15) is 26.3 Å². The van der Waals surface area contributed by atoms with E-state index in [2.05, 4.69) is 5.10 Å². The lowest BCUT2D eigenvalue weighted by Gasteiger charge is -2.14. The van der Waals surface area contributed by atoms with Crippen LogP contribution in [0.15, 0.2) is 6.20 Å². The Balaban J connectivity index is 2.94. The molecule has 1 aromatic rings. The lowest BCUT2D eigenvalue weighted by Crippen LogP contribution is -2.21. The lowest BCUT2D eigenvalue weighted by atomic mass is 10.0. The quantitative estimate of drug-likeness (QED) is 0.828. The molecule has 1 aromatic heterocycles. The van der Waals surface area contributed by atoms with Crippen LogP contribution >= 0.6 is 11.6 Å². The van der Waals surface area contributed by atoms with Crippen molar-refractivity contribution in [1.82, 2.24) is 9.78 Å². The largest absolute Gasteiger partial charge is 0.480 e. The van der Waals surface area contributed by atoms with E-state index in [4.69, 9.17) is 22.4 Å². The SMILES string of the molecule is CC(C)CC(C(=O)O)n1cc(Cl)c(N)n1. The maximum absolute atomic E-state index is 11.0. The molecule has 6 heteroatoms. The zero-order valence-corrected chi connectivity index (χ0v) is 9.40. The molecule has 5 nitrogen and oxygen atoms in total. The molecule has 0 amide bonds. The Bertz CT molecular complexity index is 343. The third-order valence-electron chi connectivity index (χ3n) is 2.01. The molecule has 0 bridgehead atoms. The molecule has 0 aliphatic rings. The number of carboxylic acid groups (broad SMARTS) is 1. The number of carbonyl (C=O) groups is 1. The molecule has 1 atom stereocenters. The third kappa shape index (κ3) is 2.86. The van der Waals surface area contributed by atoms with Gasteiger partial charge in [0.05, 0.1) is 0 Å². The van der Waals surface area contributed by atoms with Gasteiger partial charge >= 0.3 is 5.97 Å². The van der Waals surface area contributed by atoms with Gasteiger partial charge in [-0.3, -0.25) is 4.68 Å². The third-order valence-corrected chi connectivity index (χ3v) is 2.30. The summed E-state index contributed by atoms with van der Waals surface area (Å²) < 4.78 is 1.31. The molecular formula is C9H14ClN3O2. The number of anilines is 1. The van der Waals surface area contributed by atoms with Crippen molar-refractivity contribution in [3.05, 3.63) is 11.2 Å². The second kappa shape index (κ2) is 4.53. The molecule has 1 heterocycles. The Kier molecular flexibility index (Phi) is 3.57. The first-order valence-corrected chi connectivity index (χ1v) is 5.02. The predicted molar refractivity (Wildman–Crippen MR) is 57.8 cm³/mol. The number of hydrogen-bond donors (Lipinski definition) is 2. The van der Waals surface area contributed by atoms with Crippen molar-refractivity contribution >= 4 is 23.4 Å². The van der Waals surface area contributed by atoms with E-state index in [-0.39, 0.29) is 16.8 Å². The van der Waals surface area contributed by atoms with Gasteiger partial charge in [-0.2, -0.15) is 5.10 Å². The first-order chi connectivity index (χ1) is 6.91. The minimum absolute atomic E-state index is 0.159. The smallest absolute Gasteiger partial charge is 0.328 e. The van der Waals surface area contributed by atoms with Gasteiger partial charge in [-0.25, -0.2) is 4.79 Å².